The minimum absolute atomic E-state index is 0.295. The van der Waals surface area contributed by atoms with E-state index < -0.39 is 5.97 Å². The van der Waals surface area contributed by atoms with Crippen molar-refractivity contribution in [3.63, 3.8) is 0 Å². The van der Waals surface area contributed by atoms with Crippen LogP contribution in [-0.4, -0.2) is 34.1 Å². The number of carbonyl (C=O) groups is 2. The number of para-hydroxylation sites is 1. The van der Waals surface area contributed by atoms with Gasteiger partial charge in [0.1, 0.15) is 0 Å². The molecule has 3 aromatic carbocycles. The first-order valence-corrected chi connectivity index (χ1v) is 10.6. The number of aromatic amines is 1. The Morgan fingerprint density at radius 3 is 2.35 bits per heavy atom. The number of rotatable bonds is 7. The maximum Gasteiger partial charge on any atom is 0.338 e. The van der Waals surface area contributed by atoms with E-state index in [2.05, 4.69) is 4.98 Å². The topological polar surface area (TPSA) is 92.3 Å². The van der Waals surface area contributed by atoms with Crippen molar-refractivity contribution in [3.8, 4) is 0 Å². The van der Waals surface area contributed by atoms with Crippen LogP contribution in [0.1, 0.15) is 37.4 Å². The molecule has 1 aromatic heterocycles. The van der Waals surface area contributed by atoms with Gasteiger partial charge >= 0.3 is 11.9 Å². The lowest BCUT2D eigenvalue weighted by molar-refractivity contribution is 0.0599. The van der Waals surface area contributed by atoms with Gasteiger partial charge in [-0.1, -0.05) is 60.3 Å². The van der Waals surface area contributed by atoms with Gasteiger partial charge in [-0.15, -0.1) is 0 Å². The zero-order valence-corrected chi connectivity index (χ0v) is 17.6. The number of nitrogens with one attached hydrogen (secondary N) is 1. The number of thioether (sulfide) groups is 1. The van der Waals surface area contributed by atoms with Crippen LogP contribution >= 0.6 is 11.8 Å². The number of aromatic carboxylic acids is 1. The Morgan fingerprint density at radius 2 is 1.61 bits per heavy atom. The third-order valence-corrected chi connectivity index (χ3v) is 5.91. The highest BCUT2D eigenvalue weighted by Crippen LogP contribution is 2.27. The van der Waals surface area contributed by atoms with E-state index >= 15 is 0 Å². The molecule has 4 rings (SSSR count). The van der Waals surface area contributed by atoms with E-state index in [1.807, 2.05) is 48.5 Å². The van der Waals surface area contributed by atoms with Gasteiger partial charge in [-0.3, -0.25) is 0 Å². The summed E-state index contributed by atoms with van der Waals surface area (Å²) in [7, 11) is 1.37. The maximum atomic E-state index is 12.0. The molecular formula is C24H20N2O4S. The molecule has 0 radical (unpaired) electrons. The van der Waals surface area contributed by atoms with Crippen LogP contribution in [0.3, 0.4) is 0 Å². The van der Waals surface area contributed by atoms with E-state index in [1.165, 1.54) is 18.9 Å². The predicted octanol–water partition coefficient (Wildman–Crippen LogP) is 4.93. The molecule has 156 valence electrons. The summed E-state index contributed by atoms with van der Waals surface area (Å²) in [5.41, 5.74) is 5.09. The van der Waals surface area contributed by atoms with Gasteiger partial charge < -0.3 is 14.8 Å². The van der Waals surface area contributed by atoms with Crippen molar-refractivity contribution >= 4 is 34.7 Å². The number of carbonyl (C=O) groups excluding carboxylic acids is 1. The predicted molar refractivity (Wildman–Crippen MR) is 120 cm³/mol. The molecule has 0 amide bonds. The minimum atomic E-state index is -0.940. The van der Waals surface area contributed by atoms with Gasteiger partial charge in [-0.05, 0) is 34.9 Å². The zero-order chi connectivity index (χ0) is 21.8. The number of esters is 1. The molecule has 0 bridgehead atoms. The Labute approximate surface area is 183 Å². The molecule has 7 heteroatoms. The van der Waals surface area contributed by atoms with Crippen LogP contribution in [0.5, 0.6) is 0 Å². The van der Waals surface area contributed by atoms with Gasteiger partial charge in [0.25, 0.3) is 0 Å². The molecule has 6 nitrogen and oxygen atoms in total. The average molecular weight is 433 g/mol. The number of fused-ring (bicyclic) bond motifs is 1. The summed E-state index contributed by atoms with van der Waals surface area (Å²) in [5, 5.41) is 10.2. The fraction of sp³-hybridized carbons (Fsp3) is 0.125. The molecular weight excluding hydrogens is 412 g/mol. The van der Waals surface area contributed by atoms with Gasteiger partial charge in [0.15, 0.2) is 5.16 Å². The number of hydrogen-bond acceptors (Lipinski definition) is 5. The lowest BCUT2D eigenvalue weighted by Crippen LogP contribution is -2.04. The van der Waals surface area contributed by atoms with Gasteiger partial charge in [-0.2, -0.15) is 0 Å². The first kappa shape index (κ1) is 20.7. The van der Waals surface area contributed by atoms with Crippen molar-refractivity contribution < 1.29 is 19.4 Å². The minimum Gasteiger partial charge on any atom is -0.478 e. The van der Waals surface area contributed by atoms with E-state index in [9.17, 15) is 14.7 Å². The highest BCUT2D eigenvalue weighted by atomic mass is 32.2. The van der Waals surface area contributed by atoms with E-state index in [0.717, 1.165) is 32.9 Å². The fourth-order valence-corrected chi connectivity index (χ4v) is 4.35. The molecule has 0 atom stereocenters. The summed E-state index contributed by atoms with van der Waals surface area (Å²) in [4.78, 5) is 31.6. The summed E-state index contributed by atoms with van der Waals surface area (Å²) in [5.74, 6) is -0.743. The SMILES string of the molecule is COC(=O)c1ccccc1CSc1nc2c(Cc3ccccc3C(=O)O)cccc2[nH]1. The van der Waals surface area contributed by atoms with Crippen molar-refractivity contribution in [3.05, 3.63) is 94.5 Å². The Balaban J connectivity index is 1.59. The van der Waals surface area contributed by atoms with Crippen LogP contribution in [-0.2, 0) is 16.9 Å². The smallest absolute Gasteiger partial charge is 0.338 e. The van der Waals surface area contributed by atoms with Crippen molar-refractivity contribution in [2.45, 2.75) is 17.3 Å². The Morgan fingerprint density at radius 1 is 0.935 bits per heavy atom. The Bertz CT molecular complexity index is 1270. The monoisotopic (exact) mass is 432 g/mol. The number of carboxylic acids is 1. The van der Waals surface area contributed by atoms with Gasteiger partial charge in [0.2, 0.25) is 0 Å². The van der Waals surface area contributed by atoms with Crippen LogP contribution in [0.15, 0.2) is 71.9 Å². The van der Waals surface area contributed by atoms with Crippen molar-refractivity contribution in [2.75, 3.05) is 7.11 Å². The molecule has 0 aliphatic heterocycles. The quantitative estimate of drug-likeness (QED) is 0.318. The first-order valence-electron chi connectivity index (χ1n) is 9.64. The van der Waals surface area contributed by atoms with Gasteiger partial charge in [0, 0.05) is 12.2 Å². The highest BCUT2D eigenvalue weighted by Gasteiger charge is 2.15. The largest absolute Gasteiger partial charge is 0.478 e. The molecule has 0 unspecified atom stereocenters. The van der Waals surface area contributed by atoms with Gasteiger partial charge in [-0.25, -0.2) is 14.6 Å². The molecule has 0 aliphatic rings. The van der Waals surface area contributed by atoms with E-state index in [4.69, 9.17) is 9.72 Å². The summed E-state index contributed by atoms with van der Waals surface area (Å²) in [6.45, 7) is 0. The maximum absolute atomic E-state index is 12.0. The molecule has 31 heavy (non-hydrogen) atoms. The summed E-state index contributed by atoms with van der Waals surface area (Å²) in [6, 6.07) is 20.2. The van der Waals surface area contributed by atoms with E-state index in [-0.39, 0.29) is 5.97 Å². The zero-order valence-electron chi connectivity index (χ0n) is 16.8. The van der Waals surface area contributed by atoms with Crippen LogP contribution in [0, 0.1) is 0 Å². The Hall–Kier alpha value is -3.58. The number of nitrogens with zero attached hydrogens (tertiary/aromatic N) is 1. The van der Waals surface area contributed by atoms with E-state index in [1.54, 1.807) is 18.2 Å². The molecule has 0 fully saturated rings. The number of ether oxygens (including phenoxy) is 1. The van der Waals surface area contributed by atoms with E-state index in [0.29, 0.717) is 23.3 Å². The number of benzene rings is 3. The lowest BCUT2D eigenvalue weighted by atomic mass is 9.99. The van der Waals surface area contributed by atoms with Crippen molar-refractivity contribution in [1.29, 1.82) is 0 Å². The molecule has 0 aliphatic carbocycles. The van der Waals surface area contributed by atoms with Crippen LogP contribution < -0.4 is 0 Å². The van der Waals surface area contributed by atoms with Crippen LogP contribution in [0.4, 0.5) is 0 Å². The second kappa shape index (κ2) is 9.06. The standard InChI is InChI=1S/C24H20N2O4S/c1-30-23(29)19-11-5-3-8-17(19)14-31-24-25-20-12-6-9-16(21(20)26-24)13-15-7-2-4-10-18(15)22(27)28/h2-12H,13-14H2,1H3,(H,25,26)(H,27,28). The lowest BCUT2D eigenvalue weighted by Gasteiger charge is -2.06. The third kappa shape index (κ3) is 4.46. The number of aromatic nitrogens is 2. The van der Waals surface area contributed by atoms with Crippen molar-refractivity contribution in [2.24, 2.45) is 0 Å². The normalized spacial score (nSPS) is 10.9. The van der Waals surface area contributed by atoms with Crippen molar-refractivity contribution in [1.82, 2.24) is 9.97 Å². The summed E-state index contributed by atoms with van der Waals surface area (Å²) < 4.78 is 4.86. The van der Waals surface area contributed by atoms with Crippen LogP contribution in [0.25, 0.3) is 11.0 Å². The summed E-state index contributed by atoms with van der Waals surface area (Å²) >= 11 is 1.50. The van der Waals surface area contributed by atoms with Crippen LogP contribution in [0.2, 0.25) is 0 Å². The number of imidazole rings is 1. The molecule has 4 aromatic rings. The van der Waals surface area contributed by atoms with Gasteiger partial charge in [0.05, 0.1) is 29.3 Å². The number of methoxy groups -OCH3 is 1. The molecule has 0 saturated carbocycles. The molecule has 0 spiro atoms. The highest BCUT2D eigenvalue weighted by molar-refractivity contribution is 7.98. The summed E-state index contributed by atoms with van der Waals surface area (Å²) in [6.07, 6.45) is 0.472. The molecule has 0 saturated heterocycles. The first-order chi connectivity index (χ1) is 15.1. The third-order valence-electron chi connectivity index (χ3n) is 4.99. The second-order valence-electron chi connectivity index (χ2n) is 6.93. The average Bonchev–Trinajstić information content (AvgIpc) is 3.22. The number of hydrogen-bond donors (Lipinski definition) is 2. The number of carboxylic acid groups (broad SMARTS) is 1. The number of H-pyrrole nitrogens is 1. The molecule has 2 N–H and O–H groups in total. The second-order valence-corrected chi connectivity index (χ2v) is 7.90. The molecule has 1 heterocycles. The fourth-order valence-electron chi connectivity index (χ4n) is 3.47. The Kier molecular flexibility index (Phi) is 6.04.